The van der Waals surface area contributed by atoms with E-state index in [0.717, 1.165) is 34.3 Å². The minimum atomic E-state index is -0.814. The van der Waals surface area contributed by atoms with E-state index in [0.29, 0.717) is 26.2 Å². The first-order chi connectivity index (χ1) is 13.1. The molecule has 0 aliphatic carbocycles. The summed E-state index contributed by atoms with van der Waals surface area (Å²) in [5.74, 6) is -1.88. The Balaban J connectivity index is 1.34. The number of carbonyl (C=O) groups excluding carboxylic acids is 1. The van der Waals surface area contributed by atoms with Crippen molar-refractivity contribution in [2.75, 3.05) is 26.2 Å². The smallest absolute Gasteiger partial charge is 0.256 e. The molecule has 0 bridgehead atoms. The van der Waals surface area contributed by atoms with E-state index in [4.69, 9.17) is 4.98 Å². The number of hydrogen-bond acceptors (Lipinski definition) is 5. The molecule has 0 saturated carbocycles. The van der Waals surface area contributed by atoms with Gasteiger partial charge in [-0.1, -0.05) is 6.07 Å². The van der Waals surface area contributed by atoms with Gasteiger partial charge in [-0.2, -0.15) is 0 Å². The van der Waals surface area contributed by atoms with Crippen molar-refractivity contribution in [3.63, 3.8) is 0 Å². The van der Waals surface area contributed by atoms with Gasteiger partial charge in [-0.05, 0) is 23.6 Å². The highest BCUT2D eigenvalue weighted by Gasteiger charge is 2.24. The number of rotatable bonds is 4. The third kappa shape index (κ3) is 4.07. The highest BCUT2D eigenvalue weighted by Crippen LogP contribution is 2.26. The van der Waals surface area contributed by atoms with Gasteiger partial charge in [0, 0.05) is 37.6 Å². The molecule has 1 amide bonds. The predicted molar refractivity (Wildman–Crippen MR) is 103 cm³/mol. The standard InChI is InChI=1S/C19H17F2N3OS2/c20-13-3-4-14(15(21)10-13)19(25)24-7-5-23(6-8-24)11-18-22-16(12-27-18)17-2-1-9-26-17/h1-4,9-10,12H,5-8,11H2. The zero-order valence-electron chi connectivity index (χ0n) is 14.4. The van der Waals surface area contributed by atoms with E-state index in [-0.39, 0.29) is 11.5 Å². The van der Waals surface area contributed by atoms with Crippen molar-refractivity contribution in [1.82, 2.24) is 14.8 Å². The molecule has 27 heavy (non-hydrogen) atoms. The summed E-state index contributed by atoms with van der Waals surface area (Å²) in [7, 11) is 0. The summed E-state index contributed by atoms with van der Waals surface area (Å²) in [6.45, 7) is 3.16. The van der Waals surface area contributed by atoms with E-state index in [1.165, 1.54) is 6.07 Å². The number of piperazine rings is 1. The Morgan fingerprint density at radius 3 is 2.63 bits per heavy atom. The Labute approximate surface area is 163 Å². The van der Waals surface area contributed by atoms with Crippen LogP contribution in [0.5, 0.6) is 0 Å². The van der Waals surface area contributed by atoms with Crippen LogP contribution in [0, 0.1) is 11.6 Å². The van der Waals surface area contributed by atoms with Crippen LogP contribution in [-0.4, -0.2) is 46.9 Å². The highest BCUT2D eigenvalue weighted by molar-refractivity contribution is 7.14. The molecular formula is C19H17F2N3OS2. The molecule has 3 aromatic rings. The number of amides is 1. The lowest BCUT2D eigenvalue weighted by molar-refractivity contribution is 0.0624. The van der Waals surface area contributed by atoms with E-state index < -0.39 is 11.6 Å². The molecule has 2 aromatic heterocycles. The molecule has 3 heterocycles. The van der Waals surface area contributed by atoms with E-state index >= 15 is 0 Å². The van der Waals surface area contributed by atoms with Crippen LogP contribution in [0.25, 0.3) is 10.6 Å². The normalized spacial score (nSPS) is 15.3. The quantitative estimate of drug-likeness (QED) is 0.656. The lowest BCUT2D eigenvalue weighted by atomic mass is 10.1. The first kappa shape index (κ1) is 18.2. The number of nitrogens with zero attached hydrogens (tertiary/aromatic N) is 3. The van der Waals surface area contributed by atoms with Gasteiger partial charge in [0.25, 0.3) is 5.91 Å². The number of thiazole rings is 1. The van der Waals surface area contributed by atoms with Crippen molar-refractivity contribution in [2.24, 2.45) is 0 Å². The van der Waals surface area contributed by atoms with Crippen molar-refractivity contribution in [3.8, 4) is 10.6 Å². The molecule has 1 aromatic carbocycles. The van der Waals surface area contributed by atoms with Crippen LogP contribution in [0.2, 0.25) is 0 Å². The maximum absolute atomic E-state index is 13.8. The maximum atomic E-state index is 13.8. The van der Waals surface area contributed by atoms with E-state index in [1.807, 2.05) is 11.4 Å². The van der Waals surface area contributed by atoms with Crippen LogP contribution in [0.1, 0.15) is 15.4 Å². The van der Waals surface area contributed by atoms with Crippen LogP contribution in [-0.2, 0) is 6.54 Å². The molecule has 1 aliphatic heterocycles. The minimum Gasteiger partial charge on any atom is -0.336 e. The maximum Gasteiger partial charge on any atom is 0.256 e. The van der Waals surface area contributed by atoms with Gasteiger partial charge >= 0.3 is 0 Å². The molecule has 0 N–H and O–H groups in total. The number of halogens is 2. The van der Waals surface area contributed by atoms with Gasteiger partial charge in [0.2, 0.25) is 0 Å². The second-order valence-corrected chi connectivity index (χ2v) is 8.19. The van der Waals surface area contributed by atoms with Gasteiger partial charge in [0.15, 0.2) is 0 Å². The van der Waals surface area contributed by atoms with Crippen LogP contribution in [0.15, 0.2) is 41.1 Å². The van der Waals surface area contributed by atoms with Crippen LogP contribution in [0.4, 0.5) is 8.78 Å². The Bertz CT molecular complexity index is 934. The summed E-state index contributed by atoms with van der Waals surface area (Å²) < 4.78 is 26.9. The molecule has 0 spiro atoms. The summed E-state index contributed by atoms with van der Waals surface area (Å²) >= 11 is 3.31. The highest BCUT2D eigenvalue weighted by atomic mass is 32.1. The molecule has 140 valence electrons. The lowest BCUT2D eigenvalue weighted by Gasteiger charge is -2.34. The van der Waals surface area contributed by atoms with Crippen LogP contribution >= 0.6 is 22.7 Å². The van der Waals surface area contributed by atoms with Crippen molar-refractivity contribution in [1.29, 1.82) is 0 Å². The first-order valence-electron chi connectivity index (χ1n) is 8.55. The van der Waals surface area contributed by atoms with E-state index in [1.54, 1.807) is 27.6 Å². The third-order valence-electron chi connectivity index (χ3n) is 4.51. The Morgan fingerprint density at radius 1 is 1.11 bits per heavy atom. The summed E-state index contributed by atoms with van der Waals surface area (Å²) in [5, 5.41) is 5.15. The average Bonchev–Trinajstić information content (AvgIpc) is 3.33. The Morgan fingerprint density at radius 2 is 1.93 bits per heavy atom. The molecular weight excluding hydrogens is 388 g/mol. The monoisotopic (exact) mass is 405 g/mol. The number of hydrogen-bond donors (Lipinski definition) is 0. The van der Waals surface area contributed by atoms with Gasteiger partial charge in [-0.3, -0.25) is 9.69 Å². The van der Waals surface area contributed by atoms with E-state index in [9.17, 15) is 13.6 Å². The SMILES string of the molecule is O=C(c1ccc(F)cc1F)N1CCN(Cc2nc(-c3cccs3)cs2)CC1. The summed E-state index contributed by atoms with van der Waals surface area (Å²) in [6, 6.07) is 7.14. The zero-order valence-corrected chi connectivity index (χ0v) is 16.0. The van der Waals surface area contributed by atoms with Gasteiger partial charge in [0.05, 0.1) is 22.7 Å². The Kier molecular flexibility index (Phi) is 5.29. The number of carbonyl (C=O) groups is 1. The van der Waals surface area contributed by atoms with Gasteiger partial charge in [-0.15, -0.1) is 22.7 Å². The number of benzene rings is 1. The fraction of sp³-hybridized carbons (Fsp3) is 0.263. The second kappa shape index (κ2) is 7.84. The molecule has 1 aliphatic rings. The fourth-order valence-corrected chi connectivity index (χ4v) is 4.65. The number of thiophene rings is 1. The number of aromatic nitrogens is 1. The largest absolute Gasteiger partial charge is 0.336 e. The fourth-order valence-electron chi connectivity index (χ4n) is 3.05. The third-order valence-corrected chi connectivity index (χ3v) is 6.23. The average molecular weight is 405 g/mol. The first-order valence-corrected chi connectivity index (χ1v) is 10.3. The molecule has 4 nitrogen and oxygen atoms in total. The van der Waals surface area contributed by atoms with Crippen molar-refractivity contribution < 1.29 is 13.6 Å². The molecule has 0 atom stereocenters. The van der Waals surface area contributed by atoms with Gasteiger partial charge < -0.3 is 4.90 Å². The lowest BCUT2D eigenvalue weighted by Crippen LogP contribution is -2.48. The molecule has 1 saturated heterocycles. The summed E-state index contributed by atoms with van der Waals surface area (Å²) in [5.41, 5.74) is 0.927. The van der Waals surface area contributed by atoms with E-state index in [2.05, 4.69) is 16.3 Å². The second-order valence-electron chi connectivity index (χ2n) is 6.30. The zero-order chi connectivity index (χ0) is 18.8. The molecule has 8 heteroatoms. The van der Waals surface area contributed by atoms with Gasteiger partial charge in [0.1, 0.15) is 16.6 Å². The van der Waals surface area contributed by atoms with Crippen molar-refractivity contribution in [3.05, 3.63) is 63.3 Å². The van der Waals surface area contributed by atoms with Crippen molar-refractivity contribution in [2.45, 2.75) is 6.54 Å². The minimum absolute atomic E-state index is 0.0784. The van der Waals surface area contributed by atoms with Crippen LogP contribution in [0.3, 0.4) is 0 Å². The molecule has 0 unspecified atom stereocenters. The molecule has 0 radical (unpaired) electrons. The Hall–Kier alpha value is -2.16. The summed E-state index contributed by atoms with van der Waals surface area (Å²) in [6.07, 6.45) is 0. The predicted octanol–water partition coefficient (Wildman–Crippen LogP) is 4.11. The van der Waals surface area contributed by atoms with Crippen LogP contribution < -0.4 is 0 Å². The van der Waals surface area contributed by atoms with Gasteiger partial charge in [-0.25, -0.2) is 13.8 Å². The molecule has 1 fully saturated rings. The van der Waals surface area contributed by atoms with Crippen molar-refractivity contribution >= 4 is 28.6 Å². The topological polar surface area (TPSA) is 36.4 Å². The molecule has 4 rings (SSSR count). The summed E-state index contributed by atoms with van der Waals surface area (Å²) in [4.78, 5) is 22.2.